The predicted octanol–water partition coefficient (Wildman–Crippen LogP) is 6.69. The first-order valence-corrected chi connectivity index (χ1v) is 8.51. The van der Waals surface area contributed by atoms with Crippen LogP contribution < -0.4 is 0 Å². The lowest BCUT2D eigenvalue weighted by Crippen LogP contribution is -2.07. The van der Waals surface area contributed by atoms with Gasteiger partial charge in [0.25, 0.3) is 0 Å². The van der Waals surface area contributed by atoms with Crippen molar-refractivity contribution in [2.75, 3.05) is 0 Å². The Kier molecular flexibility index (Phi) is 4.48. The summed E-state index contributed by atoms with van der Waals surface area (Å²) in [6, 6.07) is 9.18. The van der Waals surface area contributed by atoms with Gasteiger partial charge in [-0.3, -0.25) is 0 Å². The predicted molar refractivity (Wildman–Crippen MR) is 89.6 cm³/mol. The Morgan fingerprint density at radius 3 is 2.48 bits per heavy atom. The van der Waals surface area contributed by atoms with Crippen molar-refractivity contribution in [3.05, 3.63) is 55.9 Å². The zero-order chi connectivity index (χ0) is 16.8. The van der Waals surface area contributed by atoms with Gasteiger partial charge in [0.05, 0.1) is 30.1 Å². The molecule has 0 aliphatic heterocycles. The van der Waals surface area contributed by atoms with E-state index in [0.717, 1.165) is 14.5 Å². The SMILES string of the molecule is FC(F)(F)c1cc(-c2ccc(Br)s2)n(-c2cccc(Cl)c2Cl)n1. The van der Waals surface area contributed by atoms with Crippen molar-refractivity contribution in [1.82, 2.24) is 9.78 Å². The number of hydrogen-bond acceptors (Lipinski definition) is 2. The summed E-state index contributed by atoms with van der Waals surface area (Å²) >= 11 is 16.7. The molecule has 0 bridgehead atoms. The molecule has 0 aliphatic carbocycles. The third kappa shape index (κ3) is 3.28. The number of alkyl halides is 3. The molecule has 2 heterocycles. The Hall–Kier alpha value is -1.02. The van der Waals surface area contributed by atoms with Crippen LogP contribution >= 0.6 is 50.5 Å². The van der Waals surface area contributed by atoms with Crippen LogP contribution in [0.2, 0.25) is 10.0 Å². The van der Waals surface area contributed by atoms with E-state index in [1.807, 2.05) is 0 Å². The molecule has 0 atom stereocenters. The molecule has 0 amide bonds. The van der Waals surface area contributed by atoms with E-state index in [-0.39, 0.29) is 21.4 Å². The summed E-state index contributed by atoms with van der Waals surface area (Å²) in [5.41, 5.74) is -0.417. The molecular weight excluding hydrogens is 436 g/mol. The molecule has 3 aromatic rings. The second-order valence-electron chi connectivity index (χ2n) is 4.50. The zero-order valence-corrected chi connectivity index (χ0v) is 14.9. The Labute approximate surface area is 151 Å². The second kappa shape index (κ2) is 6.12. The normalized spacial score (nSPS) is 11.9. The molecular formula is C14H6BrCl2F3N2S. The van der Waals surface area contributed by atoms with Crippen molar-refractivity contribution < 1.29 is 13.2 Å². The number of nitrogens with zero attached hydrogens (tertiary/aromatic N) is 2. The molecule has 0 spiro atoms. The first-order chi connectivity index (χ1) is 10.8. The number of rotatable bonds is 2. The van der Waals surface area contributed by atoms with Crippen LogP contribution in [0.1, 0.15) is 5.69 Å². The standard InChI is InChI=1S/C14H6BrCl2F3N2S/c15-12-5-4-10(23-12)9-6-11(14(18,19)20)21-22(9)8-3-1-2-7(16)13(8)17/h1-6H. The molecule has 3 rings (SSSR count). The van der Waals surface area contributed by atoms with E-state index in [1.165, 1.54) is 11.3 Å². The summed E-state index contributed by atoms with van der Waals surface area (Å²) in [6.45, 7) is 0. The largest absolute Gasteiger partial charge is 0.435 e. The minimum atomic E-state index is -4.56. The first-order valence-electron chi connectivity index (χ1n) is 6.15. The molecule has 120 valence electrons. The van der Waals surface area contributed by atoms with E-state index in [1.54, 1.807) is 30.3 Å². The Bertz CT molecular complexity index is 873. The molecule has 0 radical (unpaired) electrons. The topological polar surface area (TPSA) is 17.8 Å². The lowest BCUT2D eigenvalue weighted by Gasteiger charge is -2.09. The quantitative estimate of drug-likeness (QED) is 0.433. The van der Waals surface area contributed by atoms with Gasteiger partial charge in [0.1, 0.15) is 0 Å². The molecule has 0 saturated carbocycles. The van der Waals surface area contributed by atoms with Crippen LogP contribution in [-0.2, 0) is 6.18 Å². The molecule has 2 nitrogen and oxygen atoms in total. The highest BCUT2D eigenvalue weighted by atomic mass is 79.9. The maximum atomic E-state index is 13.1. The van der Waals surface area contributed by atoms with Gasteiger partial charge < -0.3 is 0 Å². The van der Waals surface area contributed by atoms with Gasteiger partial charge in [0.15, 0.2) is 5.69 Å². The fourth-order valence-electron chi connectivity index (χ4n) is 1.99. The maximum Gasteiger partial charge on any atom is 0.435 e. The molecule has 0 saturated heterocycles. The van der Waals surface area contributed by atoms with Crippen molar-refractivity contribution in [3.8, 4) is 16.3 Å². The highest BCUT2D eigenvalue weighted by Gasteiger charge is 2.35. The summed E-state index contributed by atoms with van der Waals surface area (Å²) in [4.78, 5) is 0.621. The van der Waals surface area contributed by atoms with Crippen molar-refractivity contribution >= 4 is 50.5 Å². The van der Waals surface area contributed by atoms with E-state index in [2.05, 4.69) is 21.0 Å². The van der Waals surface area contributed by atoms with Gasteiger partial charge in [-0.15, -0.1) is 11.3 Å². The third-order valence-corrected chi connectivity index (χ3v) is 5.44. The molecule has 2 aromatic heterocycles. The Balaban J connectivity index is 2.26. The van der Waals surface area contributed by atoms with Gasteiger partial charge in [-0.2, -0.15) is 18.3 Å². The first kappa shape index (κ1) is 16.8. The summed E-state index contributed by atoms with van der Waals surface area (Å²) in [6.07, 6.45) is -4.56. The molecule has 1 aromatic carbocycles. The van der Waals surface area contributed by atoms with Crippen molar-refractivity contribution in [2.24, 2.45) is 0 Å². The van der Waals surface area contributed by atoms with Crippen LogP contribution in [0.3, 0.4) is 0 Å². The van der Waals surface area contributed by atoms with E-state index >= 15 is 0 Å². The van der Waals surface area contributed by atoms with Crippen molar-refractivity contribution in [3.63, 3.8) is 0 Å². The summed E-state index contributed by atoms with van der Waals surface area (Å²) in [5.74, 6) is 0. The van der Waals surface area contributed by atoms with E-state index in [4.69, 9.17) is 23.2 Å². The van der Waals surface area contributed by atoms with Gasteiger partial charge in [0, 0.05) is 0 Å². The van der Waals surface area contributed by atoms with Crippen LogP contribution in [0, 0.1) is 0 Å². The zero-order valence-electron chi connectivity index (χ0n) is 11.0. The van der Waals surface area contributed by atoms with Crippen molar-refractivity contribution in [1.29, 1.82) is 0 Å². The molecule has 0 aliphatic rings. The van der Waals surface area contributed by atoms with Gasteiger partial charge in [-0.1, -0.05) is 29.3 Å². The number of benzene rings is 1. The minimum absolute atomic E-state index is 0.142. The molecule has 0 unspecified atom stereocenters. The third-order valence-electron chi connectivity index (χ3n) is 2.98. The van der Waals surface area contributed by atoms with Crippen LogP contribution in [0.4, 0.5) is 13.2 Å². The fraction of sp³-hybridized carbons (Fsp3) is 0.0714. The van der Waals surface area contributed by atoms with Gasteiger partial charge in [-0.25, -0.2) is 4.68 Å². The van der Waals surface area contributed by atoms with Crippen LogP contribution in [0.5, 0.6) is 0 Å². The van der Waals surface area contributed by atoms with Gasteiger partial charge in [-0.05, 0) is 46.3 Å². The number of hydrogen-bond donors (Lipinski definition) is 0. The summed E-state index contributed by atoms with van der Waals surface area (Å²) in [5, 5.41) is 4.06. The maximum absolute atomic E-state index is 13.1. The number of thiophene rings is 1. The van der Waals surface area contributed by atoms with Crippen LogP contribution in [0.25, 0.3) is 16.3 Å². The fourth-order valence-corrected chi connectivity index (χ4v) is 3.75. The summed E-state index contributed by atoms with van der Waals surface area (Å²) < 4.78 is 41.1. The smallest absolute Gasteiger partial charge is 0.230 e. The average Bonchev–Trinajstić information content (AvgIpc) is 3.07. The number of halogens is 6. The van der Waals surface area contributed by atoms with E-state index < -0.39 is 11.9 Å². The second-order valence-corrected chi connectivity index (χ2v) is 7.75. The molecule has 0 fully saturated rings. The monoisotopic (exact) mass is 440 g/mol. The Morgan fingerprint density at radius 2 is 1.87 bits per heavy atom. The lowest BCUT2D eigenvalue weighted by atomic mass is 10.2. The van der Waals surface area contributed by atoms with E-state index in [0.29, 0.717) is 4.88 Å². The van der Waals surface area contributed by atoms with Crippen LogP contribution in [-0.4, -0.2) is 9.78 Å². The number of aromatic nitrogens is 2. The molecule has 23 heavy (non-hydrogen) atoms. The highest BCUT2D eigenvalue weighted by molar-refractivity contribution is 9.11. The minimum Gasteiger partial charge on any atom is -0.230 e. The lowest BCUT2D eigenvalue weighted by molar-refractivity contribution is -0.141. The van der Waals surface area contributed by atoms with Crippen molar-refractivity contribution in [2.45, 2.75) is 6.18 Å². The van der Waals surface area contributed by atoms with Crippen LogP contribution in [0.15, 0.2) is 40.2 Å². The van der Waals surface area contributed by atoms with Gasteiger partial charge >= 0.3 is 6.18 Å². The Morgan fingerprint density at radius 1 is 1.13 bits per heavy atom. The van der Waals surface area contributed by atoms with Gasteiger partial charge in [0.2, 0.25) is 0 Å². The molecule has 0 N–H and O–H groups in total. The van der Waals surface area contributed by atoms with E-state index in [9.17, 15) is 13.2 Å². The summed E-state index contributed by atoms with van der Waals surface area (Å²) in [7, 11) is 0. The highest BCUT2D eigenvalue weighted by Crippen LogP contribution is 2.38. The molecule has 9 heteroatoms. The average molecular weight is 442 g/mol.